The summed E-state index contributed by atoms with van der Waals surface area (Å²) in [5, 5.41) is 0. The average molecular weight is 389 g/mol. The van der Waals surface area contributed by atoms with Crippen LogP contribution in [0.15, 0.2) is 61.2 Å². The van der Waals surface area contributed by atoms with Gasteiger partial charge in [0.1, 0.15) is 11.6 Å². The number of carbonyl (C=O) groups excluding carboxylic acids is 1. The fourth-order valence-electron chi connectivity index (χ4n) is 4.21. The minimum atomic E-state index is 0.0526. The predicted octanol–water partition coefficient (Wildman–Crippen LogP) is 4.82. The van der Waals surface area contributed by atoms with Crippen molar-refractivity contribution in [2.75, 3.05) is 7.11 Å². The van der Waals surface area contributed by atoms with Gasteiger partial charge in [0, 0.05) is 18.2 Å². The number of aromatic nitrogens is 2. The molecule has 0 spiro atoms. The van der Waals surface area contributed by atoms with Crippen molar-refractivity contribution in [3.63, 3.8) is 0 Å². The number of hydrogen-bond donors (Lipinski definition) is 0. The van der Waals surface area contributed by atoms with Crippen LogP contribution in [0.4, 0.5) is 0 Å². The van der Waals surface area contributed by atoms with Gasteiger partial charge in [-0.1, -0.05) is 31.1 Å². The highest BCUT2D eigenvalue weighted by Gasteiger charge is 2.29. The Kier molecular flexibility index (Phi) is 5.65. The third-order valence-corrected chi connectivity index (χ3v) is 5.72. The van der Waals surface area contributed by atoms with Crippen molar-refractivity contribution in [1.29, 1.82) is 0 Å². The normalized spacial score (nSPS) is 14.2. The van der Waals surface area contributed by atoms with Crippen LogP contribution in [0.5, 0.6) is 5.75 Å². The first-order chi connectivity index (χ1) is 14.2. The molecule has 1 fully saturated rings. The first-order valence-corrected chi connectivity index (χ1v) is 10.2. The van der Waals surface area contributed by atoms with Gasteiger partial charge in [-0.15, -0.1) is 6.58 Å². The molecule has 1 aliphatic rings. The molecule has 0 atom stereocenters. The molecule has 0 N–H and O–H groups in total. The minimum absolute atomic E-state index is 0.0526. The number of hydrogen-bond acceptors (Lipinski definition) is 3. The molecule has 5 heteroatoms. The molecule has 0 saturated heterocycles. The fourth-order valence-corrected chi connectivity index (χ4v) is 4.21. The number of benzene rings is 2. The van der Waals surface area contributed by atoms with Crippen LogP contribution < -0.4 is 4.74 Å². The molecule has 1 aliphatic carbocycles. The average Bonchev–Trinajstić information content (AvgIpc) is 3.40. The van der Waals surface area contributed by atoms with Crippen molar-refractivity contribution in [3.05, 3.63) is 72.6 Å². The van der Waals surface area contributed by atoms with E-state index in [1.807, 2.05) is 53.4 Å². The Morgan fingerprint density at radius 2 is 1.93 bits per heavy atom. The number of rotatable bonds is 7. The van der Waals surface area contributed by atoms with E-state index >= 15 is 0 Å². The second kappa shape index (κ2) is 8.52. The third kappa shape index (κ3) is 3.90. The van der Waals surface area contributed by atoms with Crippen molar-refractivity contribution in [1.82, 2.24) is 14.5 Å². The molecule has 1 heterocycles. The number of fused-ring (bicyclic) bond motifs is 1. The monoisotopic (exact) mass is 389 g/mol. The molecule has 1 amide bonds. The van der Waals surface area contributed by atoms with Gasteiger partial charge in [-0.05, 0) is 49.2 Å². The topological polar surface area (TPSA) is 47.4 Å². The SMILES string of the molecule is C=CCn1c(CN(C(=O)c2ccc(OC)cc2)C2CCCC2)nc2ccccc21. The summed E-state index contributed by atoms with van der Waals surface area (Å²) >= 11 is 0. The molecule has 29 heavy (non-hydrogen) atoms. The van der Waals surface area contributed by atoms with Gasteiger partial charge in [-0.25, -0.2) is 4.98 Å². The summed E-state index contributed by atoms with van der Waals surface area (Å²) in [6.07, 6.45) is 6.30. The summed E-state index contributed by atoms with van der Waals surface area (Å²) in [5.74, 6) is 1.71. The van der Waals surface area contributed by atoms with E-state index in [9.17, 15) is 4.79 Å². The van der Waals surface area contributed by atoms with Crippen LogP contribution in [0.1, 0.15) is 41.9 Å². The zero-order valence-electron chi connectivity index (χ0n) is 16.9. The first-order valence-electron chi connectivity index (χ1n) is 10.2. The van der Waals surface area contributed by atoms with E-state index in [4.69, 9.17) is 9.72 Å². The van der Waals surface area contributed by atoms with E-state index in [1.165, 1.54) is 12.8 Å². The van der Waals surface area contributed by atoms with Crippen LogP contribution in [-0.4, -0.2) is 33.5 Å². The molecule has 0 aliphatic heterocycles. The Morgan fingerprint density at radius 1 is 1.21 bits per heavy atom. The molecule has 1 aromatic heterocycles. The van der Waals surface area contributed by atoms with Gasteiger partial charge < -0.3 is 14.2 Å². The lowest BCUT2D eigenvalue weighted by Gasteiger charge is -2.29. The van der Waals surface area contributed by atoms with Crippen LogP contribution in [0.3, 0.4) is 0 Å². The Hall–Kier alpha value is -3.08. The van der Waals surface area contributed by atoms with Crippen LogP contribution >= 0.6 is 0 Å². The molecular weight excluding hydrogens is 362 g/mol. The summed E-state index contributed by atoms with van der Waals surface area (Å²) in [6, 6.07) is 15.7. The van der Waals surface area contributed by atoms with E-state index in [-0.39, 0.29) is 11.9 Å². The number of ether oxygens (including phenoxy) is 1. The van der Waals surface area contributed by atoms with Crippen LogP contribution in [0, 0.1) is 0 Å². The van der Waals surface area contributed by atoms with E-state index in [0.717, 1.165) is 35.4 Å². The highest BCUT2D eigenvalue weighted by molar-refractivity contribution is 5.94. The van der Waals surface area contributed by atoms with E-state index in [1.54, 1.807) is 7.11 Å². The predicted molar refractivity (Wildman–Crippen MR) is 115 cm³/mol. The van der Waals surface area contributed by atoms with Gasteiger partial charge in [0.15, 0.2) is 0 Å². The Labute approximate surface area is 171 Å². The molecule has 2 aromatic carbocycles. The molecule has 0 radical (unpaired) electrons. The van der Waals surface area contributed by atoms with Gasteiger partial charge in [-0.3, -0.25) is 4.79 Å². The first kappa shape index (κ1) is 19.2. The number of nitrogens with zero attached hydrogens (tertiary/aromatic N) is 3. The van der Waals surface area contributed by atoms with Crippen molar-refractivity contribution in [2.45, 2.75) is 44.8 Å². The van der Waals surface area contributed by atoms with Gasteiger partial charge in [0.05, 0.1) is 24.7 Å². The lowest BCUT2D eigenvalue weighted by molar-refractivity contribution is 0.0657. The lowest BCUT2D eigenvalue weighted by atomic mass is 10.1. The van der Waals surface area contributed by atoms with E-state index in [2.05, 4.69) is 17.2 Å². The molecule has 5 nitrogen and oxygen atoms in total. The Balaban J connectivity index is 1.69. The van der Waals surface area contributed by atoms with Gasteiger partial charge in [0.2, 0.25) is 0 Å². The lowest BCUT2D eigenvalue weighted by Crippen LogP contribution is -2.39. The molecular formula is C24H27N3O2. The highest BCUT2D eigenvalue weighted by Crippen LogP contribution is 2.28. The fraction of sp³-hybridized carbons (Fsp3) is 0.333. The summed E-state index contributed by atoms with van der Waals surface area (Å²) < 4.78 is 7.39. The largest absolute Gasteiger partial charge is 0.497 e. The summed E-state index contributed by atoms with van der Waals surface area (Å²) in [6.45, 7) is 5.07. The maximum absolute atomic E-state index is 13.4. The number of allylic oxidation sites excluding steroid dienone is 1. The van der Waals surface area contributed by atoms with Gasteiger partial charge >= 0.3 is 0 Å². The summed E-state index contributed by atoms with van der Waals surface area (Å²) in [7, 11) is 1.63. The number of amides is 1. The highest BCUT2D eigenvalue weighted by atomic mass is 16.5. The zero-order valence-corrected chi connectivity index (χ0v) is 16.9. The van der Waals surface area contributed by atoms with E-state index < -0.39 is 0 Å². The number of para-hydroxylation sites is 2. The summed E-state index contributed by atoms with van der Waals surface area (Å²) in [5.41, 5.74) is 2.71. The van der Waals surface area contributed by atoms with Crippen molar-refractivity contribution in [3.8, 4) is 5.75 Å². The second-order valence-electron chi connectivity index (χ2n) is 7.52. The Bertz CT molecular complexity index is 1000. The second-order valence-corrected chi connectivity index (χ2v) is 7.52. The number of carbonyl (C=O) groups is 1. The molecule has 1 saturated carbocycles. The van der Waals surface area contributed by atoms with Gasteiger partial charge in [-0.2, -0.15) is 0 Å². The van der Waals surface area contributed by atoms with Crippen molar-refractivity contribution in [2.24, 2.45) is 0 Å². The van der Waals surface area contributed by atoms with Crippen LogP contribution in [0.25, 0.3) is 11.0 Å². The maximum Gasteiger partial charge on any atom is 0.254 e. The van der Waals surface area contributed by atoms with Crippen molar-refractivity contribution < 1.29 is 9.53 Å². The maximum atomic E-state index is 13.4. The molecule has 150 valence electrons. The quantitative estimate of drug-likeness (QED) is 0.545. The minimum Gasteiger partial charge on any atom is -0.497 e. The number of methoxy groups -OCH3 is 1. The van der Waals surface area contributed by atoms with Crippen molar-refractivity contribution >= 4 is 16.9 Å². The standard InChI is InChI=1S/C24H27N3O2/c1-3-16-26-22-11-7-6-10-21(22)25-23(26)17-27(19-8-4-5-9-19)24(28)18-12-14-20(29-2)15-13-18/h3,6-7,10-15,19H,1,4-5,8-9,16-17H2,2H3. The summed E-state index contributed by atoms with van der Waals surface area (Å²) in [4.78, 5) is 20.3. The molecule has 0 unspecified atom stereocenters. The number of imidazole rings is 1. The smallest absolute Gasteiger partial charge is 0.254 e. The molecule has 3 aromatic rings. The molecule has 4 rings (SSSR count). The van der Waals surface area contributed by atoms with Crippen LogP contribution in [0.2, 0.25) is 0 Å². The van der Waals surface area contributed by atoms with E-state index in [0.29, 0.717) is 18.7 Å². The zero-order chi connectivity index (χ0) is 20.2. The van der Waals surface area contributed by atoms with Gasteiger partial charge in [0.25, 0.3) is 5.91 Å². The third-order valence-electron chi connectivity index (χ3n) is 5.72. The Morgan fingerprint density at radius 3 is 2.62 bits per heavy atom. The molecule has 0 bridgehead atoms. The van der Waals surface area contributed by atoms with Crippen LogP contribution in [-0.2, 0) is 13.1 Å².